The average Bonchev–Trinajstić information content (AvgIpc) is 2.82. The summed E-state index contributed by atoms with van der Waals surface area (Å²) >= 11 is 0. The standard InChI is InChI=1S/C15H31N3/c1-11(2)13-10-14(18-8-6-7-9-18)16-15(12(3)4)17(13)5/h11-16H,6-10H2,1-5H3. The van der Waals surface area contributed by atoms with Crippen molar-refractivity contribution in [1.82, 2.24) is 15.1 Å². The summed E-state index contributed by atoms with van der Waals surface area (Å²) < 4.78 is 0. The molecule has 2 fully saturated rings. The van der Waals surface area contributed by atoms with E-state index in [2.05, 4.69) is 49.9 Å². The second-order valence-electron chi connectivity index (χ2n) is 6.83. The summed E-state index contributed by atoms with van der Waals surface area (Å²) in [5, 5.41) is 3.88. The molecule has 106 valence electrons. The predicted molar refractivity (Wildman–Crippen MR) is 77.4 cm³/mol. The zero-order chi connectivity index (χ0) is 13.3. The lowest BCUT2D eigenvalue weighted by molar-refractivity contribution is -0.0176. The Morgan fingerprint density at radius 3 is 2.11 bits per heavy atom. The topological polar surface area (TPSA) is 18.5 Å². The van der Waals surface area contributed by atoms with Crippen LogP contribution in [-0.4, -0.2) is 48.3 Å². The number of nitrogens with one attached hydrogen (secondary N) is 1. The van der Waals surface area contributed by atoms with Crippen molar-refractivity contribution in [2.24, 2.45) is 11.8 Å². The molecule has 2 rings (SSSR count). The van der Waals surface area contributed by atoms with Crippen LogP contribution in [0.4, 0.5) is 0 Å². The van der Waals surface area contributed by atoms with Gasteiger partial charge in [0.05, 0.1) is 12.3 Å². The lowest BCUT2D eigenvalue weighted by Crippen LogP contribution is -2.65. The number of likely N-dealkylation sites (tertiary alicyclic amines) is 1. The molecule has 0 aliphatic carbocycles. The molecule has 18 heavy (non-hydrogen) atoms. The van der Waals surface area contributed by atoms with E-state index in [0.717, 1.165) is 5.92 Å². The number of nitrogens with zero attached hydrogens (tertiary/aromatic N) is 2. The predicted octanol–water partition coefficient (Wildman–Crippen LogP) is 2.34. The molecule has 2 aliphatic heterocycles. The molecule has 0 spiro atoms. The molecule has 0 aromatic carbocycles. The van der Waals surface area contributed by atoms with Crippen molar-refractivity contribution in [3.05, 3.63) is 0 Å². The third-order valence-electron chi connectivity index (χ3n) is 4.77. The Balaban J connectivity index is 2.08. The fourth-order valence-electron chi connectivity index (χ4n) is 3.70. The molecule has 0 aromatic heterocycles. The Morgan fingerprint density at radius 2 is 1.61 bits per heavy atom. The van der Waals surface area contributed by atoms with Gasteiger partial charge in [-0.3, -0.25) is 15.1 Å². The SMILES string of the molecule is CC(C)C1CC(N2CCCC2)NC(C(C)C)N1C. The highest BCUT2D eigenvalue weighted by Gasteiger charge is 2.38. The van der Waals surface area contributed by atoms with Gasteiger partial charge in [0.1, 0.15) is 0 Å². The molecule has 3 atom stereocenters. The van der Waals surface area contributed by atoms with Crippen LogP contribution in [0.15, 0.2) is 0 Å². The van der Waals surface area contributed by atoms with Gasteiger partial charge in [-0.1, -0.05) is 27.7 Å². The fraction of sp³-hybridized carbons (Fsp3) is 1.00. The Morgan fingerprint density at radius 1 is 1.00 bits per heavy atom. The summed E-state index contributed by atoms with van der Waals surface area (Å²) in [6.07, 6.45) is 5.16. The van der Waals surface area contributed by atoms with E-state index in [0.29, 0.717) is 24.3 Å². The van der Waals surface area contributed by atoms with Gasteiger partial charge in [0.25, 0.3) is 0 Å². The van der Waals surface area contributed by atoms with E-state index in [-0.39, 0.29) is 0 Å². The largest absolute Gasteiger partial charge is 0.288 e. The van der Waals surface area contributed by atoms with Gasteiger partial charge in [-0.25, -0.2) is 0 Å². The van der Waals surface area contributed by atoms with Gasteiger partial charge < -0.3 is 0 Å². The molecular weight excluding hydrogens is 222 g/mol. The van der Waals surface area contributed by atoms with Gasteiger partial charge in [0.15, 0.2) is 0 Å². The Kier molecular flexibility index (Phi) is 4.68. The van der Waals surface area contributed by atoms with E-state index in [1.165, 1.54) is 32.4 Å². The van der Waals surface area contributed by atoms with Crippen LogP contribution in [0.2, 0.25) is 0 Å². The molecule has 0 saturated carbocycles. The van der Waals surface area contributed by atoms with Crippen molar-refractivity contribution in [2.45, 2.75) is 65.3 Å². The van der Waals surface area contributed by atoms with Crippen LogP contribution in [0.25, 0.3) is 0 Å². The maximum Gasteiger partial charge on any atom is 0.0632 e. The maximum absolute atomic E-state index is 3.88. The molecule has 0 radical (unpaired) electrons. The minimum Gasteiger partial charge on any atom is -0.288 e. The molecule has 3 nitrogen and oxygen atoms in total. The highest BCUT2D eigenvalue weighted by Crippen LogP contribution is 2.27. The molecule has 2 aliphatic rings. The van der Waals surface area contributed by atoms with E-state index in [9.17, 15) is 0 Å². The first kappa shape index (κ1) is 14.3. The van der Waals surface area contributed by atoms with Gasteiger partial charge in [-0.15, -0.1) is 0 Å². The number of rotatable bonds is 3. The third-order valence-corrected chi connectivity index (χ3v) is 4.77. The van der Waals surface area contributed by atoms with Crippen LogP contribution in [0.5, 0.6) is 0 Å². The fourth-order valence-corrected chi connectivity index (χ4v) is 3.70. The smallest absolute Gasteiger partial charge is 0.0632 e. The molecule has 3 heteroatoms. The summed E-state index contributed by atoms with van der Waals surface area (Å²) in [7, 11) is 2.29. The number of hydrogen-bond acceptors (Lipinski definition) is 3. The number of hydrogen-bond donors (Lipinski definition) is 1. The molecule has 2 saturated heterocycles. The van der Waals surface area contributed by atoms with E-state index >= 15 is 0 Å². The lowest BCUT2D eigenvalue weighted by Gasteiger charge is -2.49. The average molecular weight is 253 g/mol. The molecule has 0 aromatic rings. The van der Waals surface area contributed by atoms with Gasteiger partial charge in [-0.05, 0) is 51.2 Å². The van der Waals surface area contributed by atoms with Gasteiger partial charge in [0.2, 0.25) is 0 Å². The second kappa shape index (κ2) is 5.89. The Bertz CT molecular complexity index is 240. The highest BCUT2D eigenvalue weighted by atomic mass is 15.4. The minimum atomic E-state index is 0.525. The van der Waals surface area contributed by atoms with Gasteiger partial charge >= 0.3 is 0 Å². The van der Waals surface area contributed by atoms with Crippen molar-refractivity contribution in [3.8, 4) is 0 Å². The van der Waals surface area contributed by atoms with Crippen LogP contribution >= 0.6 is 0 Å². The Hall–Kier alpha value is -0.120. The lowest BCUT2D eigenvalue weighted by atomic mass is 9.92. The van der Waals surface area contributed by atoms with Crippen molar-refractivity contribution in [1.29, 1.82) is 0 Å². The Labute approximate surface area is 113 Å². The molecular formula is C15H31N3. The van der Waals surface area contributed by atoms with Crippen molar-refractivity contribution >= 4 is 0 Å². The summed E-state index contributed by atoms with van der Waals surface area (Å²) in [6.45, 7) is 12.0. The minimum absolute atomic E-state index is 0.525. The maximum atomic E-state index is 3.88. The van der Waals surface area contributed by atoms with Crippen LogP contribution < -0.4 is 5.32 Å². The first-order valence-electron chi connectivity index (χ1n) is 7.72. The molecule has 1 N–H and O–H groups in total. The first-order valence-corrected chi connectivity index (χ1v) is 7.72. The normalized spacial score (nSPS) is 35.8. The zero-order valence-corrected chi connectivity index (χ0v) is 12.8. The van der Waals surface area contributed by atoms with E-state index in [1.807, 2.05) is 0 Å². The first-order chi connectivity index (χ1) is 8.50. The van der Waals surface area contributed by atoms with E-state index in [4.69, 9.17) is 0 Å². The molecule has 0 bridgehead atoms. The summed E-state index contributed by atoms with van der Waals surface area (Å²) in [6, 6.07) is 0.712. The third kappa shape index (κ3) is 2.89. The monoisotopic (exact) mass is 253 g/mol. The summed E-state index contributed by atoms with van der Waals surface area (Å²) in [4.78, 5) is 5.24. The van der Waals surface area contributed by atoms with Crippen LogP contribution in [-0.2, 0) is 0 Å². The van der Waals surface area contributed by atoms with Crippen LogP contribution in [0.3, 0.4) is 0 Å². The zero-order valence-electron chi connectivity index (χ0n) is 12.8. The molecule has 2 heterocycles. The quantitative estimate of drug-likeness (QED) is 0.833. The van der Waals surface area contributed by atoms with Crippen molar-refractivity contribution in [2.75, 3.05) is 20.1 Å². The summed E-state index contributed by atoms with van der Waals surface area (Å²) in [5.74, 6) is 1.41. The van der Waals surface area contributed by atoms with Crippen LogP contribution in [0.1, 0.15) is 47.0 Å². The van der Waals surface area contributed by atoms with Gasteiger partial charge in [-0.2, -0.15) is 0 Å². The molecule has 0 amide bonds. The second-order valence-corrected chi connectivity index (χ2v) is 6.83. The molecule has 3 unspecified atom stereocenters. The highest BCUT2D eigenvalue weighted by molar-refractivity contribution is 4.91. The van der Waals surface area contributed by atoms with Gasteiger partial charge in [0, 0.05) is 6.04 Å². The van der Waals surface area contributed by atoms with E-state index in [1.54, 1.807) is 0 Å². The summed E-state index contributed by atoms with van der Waals surface area (Å²) in [5.41, 5.74) is 0. The van der Waals surface area contributed by atoms with Crippen molar-refractivity contribution < 1.29 is 0 Å². The van der Waals surface area contributed by atoms with Crippen molar-refractivity contribution in [3.63, 3.8) is 0 Å². The van der Waals surface area contributed by atoms with Crippen LogP contribution in [0, 0.1) is 11.8 Å². The van der Waals surface area contributed by atoms with E-state index < -0.39 is 0 Å².